The zero-order valence-corrected chi connectivity index (χ0v) is 10.2. The second kappa shape index (κ2) is 4.93. The summed E-state index contributed by atoms with van der Waals surface area (Å²) in [5.41, 5.74) is -0.157. The number of hydrogen-bond acceptors (Lipinski definition) is 2. The van der Waals surface area contributed by atoms with Crippen LogP contribution in [0.5, 0.6) is 5.75 Å². The molecule has 0 N–H and O–H groups in total. The van der Waals surface area contributed by atoms with Crippen LogP contribution in [0.4, 0.5) is 4.39 Å². The van der Waals surface area contributed by atoms with Crippen LogP contribution in [-0.2, 0) is 0 Å². The first kappa shape index (κ1) is 11.7. The molecule has 76 valence electrons. The minimum atomic E-state index is -0.820. The molecule has 0 fully saturated rings. The first-order valence-electron chi connectivity index (χ1n) is 3.88. The molecule has 0 radical (unpaired) electrons. The minimum Gasteiger partial charge on any atom is -0.493 e. The largest absolute Gasteiger partial charge is 0.493 e. The Hall–Kier alpha value is -0.360. The van der Waals surface area contributed by atoms with Crippen molar-refractivity contribution in [1.29, 1.82) is 0 Å². The Morgan fingerprint density at radius 2 is 2.29 bits per heavy atom. The molecule has 0 amide bonds. The van der Waals surface area contributed by atoms with Crippen molar-refractivity contribution in [3.05, 3.63) is 27.1 Å². The van der Waals surface area contributed by atoms with E-state index >= 15 is 0 Å². The number of carbonyl (C=O) groups excluding carboxylic acids is 1. The Bertz CT molecular complexity index is 368. The lowest BCUT2D eigenvalue weighted by atomic mass is 10.2. The summed E-state index contributed by atoms with van der Waals surface area (Å²) < 4.78 is 19.0. The molecule has 2 nitrogen and oxygen atoms in total. The zero-order valence-electron chi connectivity index (χ0n) is 7.31. The molecule has 0 bridgehead atoms. The Morgan fingerprint density at radius 3 is 2.79 bits per heavy atom. The Labute approximate surface area is 99.5 Å². The van der Waals surface area contributed by atoms with Gasteiger partial charge in [0, 0.05) is 0 Å². The number of ether oxygens (including phenoxy) is 1. The first-order chi connectivity index (χ1) is 6.56. The van der Waals surface area contributed by atoms with E-state index < -0.39 is 11.1 Å². The van der Waals surface area contributed by atoms with Gasteiger partial charge in [0.25, 0.3) is 5.24 Å². The Morgan fingerprint density at radius 1 is 1.64 bits per heavy atom. The van der Waals surface area contributed by atoms with E-state index in [4.69, 9.17) is 16.3 Å². The normalized spacial score (nSPS) is 10.0. The van der Waals surface area contributed by atoms with Crippen molar-refractivity contribution in [2.75, 3.05) is 6.61 Å². The highest BCUT2D eigenvalue weighted by atomic mass is 127. The highest BCUT2D eigenvalue weighted by Crippen LogP contribution is 2.25. The molecule has 0 saturated carbocycles. The highest BCUT2D eigenvalue weighted by molar-refractivity contribution is 14.1. The van der Waals surface area contributed by atoms with Crippen LogP contribution >= 0.6 is 34.2 Å². The van der Waals surface area contributed by atoms with Crippen molar-refractivity contribution in [3.8, 4) is 5.75 Å². The van der Waals surface area contributed by atoms with E-state index in [1.807, 2.05) is 29.5 Å². The lowest BCUT2D eigenvalue weighted by Crippen LogP contribution is -2.00. The second-order valence-corrected chi connectivity index (χ2v) is 3.97. The molecule has 0 spiro atoms. The predicted molar refractivity (Wildman–Crippen MR) is 60.5 cm³/mol. The fourth-order valence-electron chi connectivity index (χ4n) is 0.946. The SMILES string of the molecule is CCOc1cc(C(=O)Cl)c(F)cc1I. The minimum absolute atomic E-state index is 0.157. The van der Waals surface area contributed by atoms with Crippen molar-refractivity contribution in [3.63, 3.8) is 0 Å². The van der Waals surface area contributed by atoms with Gasteiger partial charge in [-0.2, -0.15) is 0 Å². The second-order valence-electron chi connectivity index (χ2n) is 2.47. The molecule has 1 rings (SSSR count). The van der Waals surface area contributed by atoms with Gasteiger partial charge in [-0.05, 0) is 53.2 Å². The third kappa shape index (κ3) is 2.57. The molecule has 0 saturated heterocycles. The van der Waals surface area contributed by atoms with Gasteiger partial charge >= 0.3 is 0 Å². The lowest BCUT2D eigenvalue weighted by Gasteiger charge is -2.07. The fraction of sp³-hybridized carbons (Fsp3) is 0.222. The molecule has 1 aromatic rings. The summed E-state index contributed by atoms with van der Waals surface area (Å²) in [6.07, 6.45) is 0. The molecular formula is C9H7ClFIO2. The molecule has 0 unspecified atom stereocenters. The van der Waals surface area contributed by atoms with Crippen LogP contribution in [0.1, 0.15) is 17.3 Å². The van der Waals surface area contributed by atoms with E-state index in [1.165, 1.54) is 12.1 Å². The topological polar surface area (TPSA) is 26.3 Å². The monoisotopic (exact) mass is 328 g/mol. The molecular weight excluding hydrogens is 321 g/mol. The van der Waals surface area contributed by atoms with Crippen molar-refractivity contribution >= 4 is 39.4 Å². The van der Waals surface area contributed by atoms with E-state index in [1.54, 1.807) is 0 Å². The van der Waals surface area contributed by atoms with E-state index in [-0.39, 0.29) is 5.56 Å². The van der Waals surface area contributed by atoms with Crippen LogP contribution in [0.15, 0.2) is 12.1 Å². The van der Waals surface area contributed by atoms with Gasteiger partial charge in [0.1, 0.15) is 11.6 Å². The van der Waals surface area contributed by atoms with Gasteiger partial charge in [-0.25, -0.2) is 4.39 Å². The van der Waals surface area contributed by atoms with Crippen molar-refractivity contribution in [2.45, 2.75) is 6.92 Å². The summed E-state index contributed by atoms with van der Waals surface area (Å²) in [6, 6.07) is 2.54. The summed E-state index contributed by atoms with van der Waals surface area (Å²) in [4.78, 5) is 10.8. The Kier molecular flexibility index (Phi) is 4.12. The van der Waals surface area contributed by atoms with Crippen LogP contribution in [0.3, 0.4) is 0 Å². The molecule has 0 aromatic heterocycles. The summed E-state index contributed by atoms with van der Waals surface area (Å²) in [5, 5.41) is -0.820. The van der Waals surface area contributed by atoms with E-state index in [2.05, 4.69) is 0 Å². The smallest absolute Gasteiger partial charge is 0.255 e. The van der Waals surface area contributed by atoms with Crippen LogP contribution in [-0.4, -0.2) is 11.8 Å². The number of hydrogen-bond donors (Lipinski definition) is 0. The zero-order chi connectivity index (χ0) is 10.7. The van der Waals surface area contributed by atoms with E-state index in [0.717, 1.165) is 0 Å². The average molecular weight is 329 g/mol. The summed E-state index contributed by atoms with van der Waals surface area (Å²) in [6.45, 7) is 2.26. The van der Waals surface area contributed by atoms with E-state index in [9.17, 15) is 9.18 Å². The van der Waals surface area contributed by atoms with Gasteiger partial charge in [-0.1, -0.05) is 0 Å². The third-order valence-electron chi connectivity index (χ3n) is 1.53. The van der Waals surface area contributed by atoms with Gasteiger partial charge in [0.05, 0.1) is 15.7 Å². The van der Waals surface area contributed by atoms with Crippen LogP contribution in [0, 0.1) is 9.39 Å². The van der Waals surface area contributed by atoms with Crippen molar-refractivity contribution < 1.29 is 13.9 Å². The quantitative estimate of drug-likeness (QED) is 0.629. The fourth-order valence-corrected chi connectivity index (χ4v) is 1.68. The predicted octanol–water partition coefficient (Wildman–Crippen LogP) is 3.21. The molecule has 0 aliphatic rings. The van der Waals surface area contributed by atoms with Gasteiger partial charge in [-0.15, -0.1) is 0 Å². The number of rotatable bonds is 3. The van der Waals surface area contributed by atoms with Crippen molar-refractivity contribution in [1.82, 2.24) is 0 Å². The maximum Gasteiger partial charge on any atom is 0.255 e. The van der Waals surface area contributed by atoms with Crippen molar-refractivity contribution in [2.24, 2.45) is 0 Å². The first-order valence-corrected chi connectivity index (χ1v) is 5.33. The molecule has 0 aliphatic heterocycles. The van der Waals surface area contributed by atoms with Crippen LogP contribution in [0.25, 0.3) is 0 Å². The van der Waals surface area contributed by atoms with Crippen LogP contribution in [0.2, 0.25) is 0 Å². The van der Waals surface area contributed by atoms with Gasteiger partial charge in [0.15, 0.2) is 0 Å². The summed E-state index contributed by atoms with van der Waals surface area (Å²) >= 11 is 7.13. The van der Waals surface area contributed by atoms with E-state index in [0.29, 0.717) is 15.9 Å². The maximum absolute atomic E-state index is 13.2. The summed E-state index contributed by atoms with van der Waals surface area (Å²) in [5.74, 6) is -0.156. The lowest BCUT2D eigenvalue weighted by molar-refractivity contribution is 0.107. The molecule has 1 aromatic carbocycles. The molecule has 14 heavy (non-hydrogen) atoms. The highest BCUT2D eigenvalue weighted by Gasteiger charge is 2.13. The van der Waals surface area contributed by atoms with Gasteiger partial charge in [0.2, 0.25) is 0 Å². The van der Waals surface area contributed by atoms with Crippen LogP contribution < -0.4 is 4.74 Å². The Balaban J connectivity index is 3.20. The van der Waals surface area contributed by atoms with Gasteiger partial charge < -0.3 is 4.74 Å². The summed E-state index contributed by atoms with van der Waals surface area (Å²) in [7, 11) is 0. The average Bonchev–Trinajstić information content (AvgIpc) is 2.09. The number of carbonyl (C=O) groups is 1. The molecule has 0 aliphatic carbocycles. The molecule has 0 heterocycles. The molecule has 5 heteroatoms. The number of benzene rings is 1. The number of halogens is 3. The maximum atomic E-state index is 13.2. The molecule has 0 atom stereocenters. The standard InChI is InChI=1S/C9H7ClFIO2/c1-2-14-8-3-5(9(10)13)6(11)4-7(8)12/h3-4H,2H2,1H3. The third-order valence-corrected chi connectivity index (χ3v) is 2.58. The van der Waals surface area contributed by atoms with Gasteiger partial charge in [-0.3, -0.25) is 4.79 Å².